The summed E-state index contributed by atoms with van der Waals surface area (Å²) >= 11 is 0. The quantitative estimate of drug-likeness (QED) is 0.783. The van der Waals surface area contributed by atoms with Crippen molar-refractivity contribution in [3.63, 3.8) is 0 Å². The Kier molecular flexibility index (Phi) is 5.41. The second kappa shape index (κ2) is 7.09. The summed E-state index contributed by atoms with van der Waals surface area (Å²) in [4.78, 5) is 6.44. The first kappa shape index (κ1) is 16.0. The zero-order chi connectivity index (χ0) is 15.3. The lowest BCUT2D eigenvalue weighted by molar-refractivity contribution is 0.316. The van der Waals surface area contributed by atoms with Gasteiger partial charge in [0.05, 0.1) is 30.4 Å². The Morgan fingerprint density at radius 1 is 1.38 bits per heavy atom. The molecule has 21 heavy (non-hydrogen) atoms. The van der Waals surface area contributed by atoms with E-state index >= 15 is 0 Å². The summed E-state index contributed by atoms with van der Waals surface area (Å²) in [7, 11) is -2.92. The van der Waals surface area contributed by atoms with Gasteiger partial charge in [-0.15, -0.1) is 0 Å². The molecule has 1 aliphatic heterocycles. The van der Waals surface area contributed by atoms with Crippen LogP contribution in [0.1, 0.15) is 19.3 Å². The molecule has 0 spiro atoms. The van der Waals surface area contributed by atoms with Crippen LogP contribution < -0.4 is 15.4 Å². The lowest BCUT2D eigenvalue weighted by Gasteiger charge is -2.31. The molecule has 0 aliphatic carbocycles. The monoisotopic (exact) mass is 313 g/mol. The topological polar surface area (TPSA) is 85.5 Å². The first-order chi connectivity index (χ1) is 9.94. The van der Waals surface area contributed by atoms with Crippen LogP contribution in [0, 0.1) is 0 Å². The van der Waals surface area contributed by atoms with Gasteiger partial charge in [0.2, 0.25) is 0 Å². The molecule has 0 bridgehead atoms. The van der Waals surface area contributed by atoms with Gasteiger partial charge in [0, 0.05) is 31.5 Å². The van der Waals surface area contributed by atoms with Gasteiger partial charge in [0.25, 0.3) is 0 Å². The maximum Gasteiger partial charge on any atom is 0.147 e. The highest BCUT2D eigenvalue weighted by Crippen LogP contribution is 2.22. The van der Waals surface area contributed by atoms with E-state index in [0.717, 1.165) is 31.6 Å². The Hall–Kier alpha value is -1.34. The van der Waals surface area contributed by atoms with Crippen LogP contribution in [0.15, 0.2) is 18.5 Å². The highest BCUT2D eigenvalue weighted by atomic mass is 32.2. The maximum absolute atomic E-state index is 11.0. The predicted molar refractivity (Wildman–Crippen MR) is 83.5 cm³/mol. The Balaban J connectivity index is 1.86. The summed E-state index contributed by atoms with van der Waals surface area (Å²) in [5.74, 6) is 0.820. The molecule has 1 fully saturated rings. The van der Waals surface area contributed by atoms with Crippen LogP contribution in [0.2, 0.25) is 0 Å². The molecule has 6 nitrogen and oxygen atoms in total. The Labute approximate surface area is 126 Å². The second-order valence-corrected chi connectivity index (χ2v) is 7.79. The molecule has 1 aromatic rings. The van der Waals surface area contributed by atoms with Crippen molar-refractivity contribution in [3.8, 4) is 5.75 Å². The molecule has 2 N–H and O–H groups in total. The van der Waals surface area contributed by atoms with Crippen molar-refractivity contribution in [2.45, 2.75) is 25.3 Å². The van der Waals surface area contributed by atoms with Crippen molar-refractivity contribution in [2.75, 3.05) is 36.6 Å². The average Bonchev–Trinajstić information content (AvgIpc) is 2.44. The van der Waals surface area contributed by atoms with Crippen molar-refractivity contribution >= 4 is 15.5 Å². The Morgan fingerprint density at radius 2 is 2.10 bits per heavy atom. The van der Waals surface area contributed by atoms with Crippen LogP contribution >= 0.6 is 0 Å². The van der Waals surface area contributed by atoms with E-state index in [2.05, 4.69) is 9.88 Å². The minimum absolute atomic E-state index is 0.143. The zero-order valence-corrected chi connectivity index (χ0v) is 13.2. The number of rotatable bonds is 6. The molecule has 1 aromatic heterocycles. The third-order valence-electron chi connectivity index (χ3n) is 3.53. The molecule has 0 radical (unpaired) electrons. The van der Waals surface area contributed by atoms with Gasteiger partial charge < -0.3 is 15.4 Å². The highest BCUT2D eigenvalue weighted by Gasteiger charge is 2.16. The van der Waals surface area contributed by atoms with Crippen LogP contribution in [0.25, 0.3) is 0 Å². The van der Waals surface area contributed by atoms with E-state index in [1.165, 1.54) is 6.26 Å². The molecule has 0 unspecified atom stereocenters. The number of hydrogen-bond acceptors (Lipinski definition) is 6. The van der Waals surface area contributed by atoms with E-state index < -0.39 is 9.84 Å². The molecule has 0 amide bonds. The van der Waals surface area contributed by atoms with E-state index in [1.807, 2.05) is 12.3 Å². The molecule has 2 heterocycles. The minimum atomic E-state index is -2.92. The van der Waals surface area contributed by atoms with Crippen LogP contribution in [-0.4, -0.2) is 51.1 Å². The Bertz CT molecular complexity index is 554. The largest absolute Gasteiger partial charge is 0.492 e. The molecule has 0 atom stereocenters. The van der Waals surface area contributed by atoms with Crippen molar-refractivity contribution in [1.29, 1.82) is 0 Å². The van der Waals surface area contributed by atoms with Gasteiger partial charge in [-0.05, 0) is 19.3 Å². The fraction of sp³-hybridized carbons (Fsp3) is 0.643. The number of piperidine rings is 1. The molecular formula is C14H23N3O3S. The molecule has 1 saturated heterocycles. The highest BCUT2D eigenvalue weighted by molar-refractivity contribution is 7.90. The fourth-order valence-corrected chi connectivity index (χ4v) is 2.97. The maximum atomic E-state index is 11.0. The normalized spacial score (nSPS) is 17.0. The fourth-order valence-electron chi connectivity index (χ4n) is 2.33. The van der Waals surface area contributed by atoms with Gasteiger partial charge >= 0.3 is 0 Å². The summed E-state index contributed by atoms with van der Waals surface area (Å²) in [6.07, 6.45) is 7.16. The molecule has 0 aromatic carbocycles. The number of aromatic nitrogens is 1. The number of pyridine rings is 1. The molecule has 0 saturated carbocycles. The van der Waals surface area contributed by atoms with Crippen molar-refractivity contribution in [2.24, 2.45) is 5.73 Å². The predicted octanol–water partition coefficient (Wildman–Crippen LogP) is 0.823. The van der Waals surface area contributed by atoms with E-state index in [0.29, 0.717) is 24.8 Å². The summed E-state index contributed by atoms with van der Waals surface area (Å²) in [5.41, 5.74) is 6.94. The van der Waals surface area contributed by atoms with E-state index in [9.17, 15) is 8.42 Å². The first-order valence-corrected chi connectivity index (χ1v) is 9.26. The van der Waals surface area contributed by atoms with Crippen molar-refractivity contribution in [3.05, 3.63) is 18.5 Å². The lowest BCUT2D eigenvalue weighted by Crippen LogP contribution is -2.39. The number of hydrogen-bond donors (Lipinski definition) is 1. The number of nitrogens with zero attached hydrogens (tertiary/aromatic N) is 2. The summed E-state index contributed by atoms with van der Waals surface area (Å²) in [5, 5.41) is 0. The zero-order valence-electron chi connectivity index (χ0n) is 12.4. The average molecular weight is 313 g/mol. The number of anilines is 1. The SMILES string of the molecule is CS(=O)(=O)CCCOc1cncc(N2CCC(N)CC2)c1. The number of sulfone groups is 1. The van der Waals surface area contributed by atoms with Gasteiger partial charge in [0.15, 0.2) is 0 Å². The molecule has 1 aliphatic rings. The summed E-state index contributed by atoms with van der Waals surface area (Å²) in [6.45, 7) is 2.24. The standard InChI is InChI=1S/C14H23N3O3S/c1-21(18,19)8-2-7-20-14-9-13(10-16-11-14)17-5-3-12(15)4-6-17/h9-12H,2-8,15H2,1H3. The van der Waals surface area contributed by atoms with Crippen LogP contribution in [0.3, 0.4) is 0 Å². The number of ether oxygens (including phenoxy) is 1. The smallest absolute Gasteiger partial charge is 0.147 e. The second-order valence-electron chi connectivity index (χ2n) is 5.54. The van der Waals surface area contributed by atoms with Gasteiger partial charge in [-0.25, -0.2) is 8.42 Å². The molecule has 2 rings (SSSR count). The van der Waals surface area contributed by atoms with E-state index in [1.54, 1.807) is 6.20 Å². The van der Waals surface area contributed by atoms with Crippen molar-refractivity contribution in [1.82, 2.24) is 4.98 Å². The lowest BCUT2D eigenvalue weighted by atomic mass is 10.1. The van der Waals surface area contributed by atoms with Crippen LogP contribution in [0.5, 0.6) is 5.75 Å². The molecule has 118 valence electrons. The number of nitrogens with two attached hydrogens (primary N) is 1. The molecular weight excluding hydrogens is 290 g/mol. The van der Waals surface area contributed by atoms with Gasteiger partial charge in [-0.1, -0.05) is 0 Å². The van der Waals surface area contributed by atoms with E-state index in [-0.39, 0.29) is 5.75 Å². The van der Waals surface area contributed by atoms with Gasteiger partial charge in [-0.2, -0.15) is 0 Å². The minimum Gasteiger partial charge on any atom is -0.492 e. The first-order valence-electron chi connectivity index (χ1n) is 7.20. The van der Waals surface area contributed by atoms with Crippen molar-refractivity contribution < 1.29 is 13.2 Å². The van der Waals surface area contributed by atoms with Gasteiger partial charge in [-0.3, -0.25) is 4.98 Å². The van der Waals surface area contributed by atoms with Gasteiger partial charge in [0.1, 0.15) is 15.6 Å². The van der Waals surface area contributed by atoms with Crippen LogP contribution in [-0.2, 0) is 9.84 Å². The van der Waals surface area contributed by atoms with E-state index in [4.69, 9.17) is 10.5 Å². The third kappa shape index (κ3) is 5.51. The summed E-state index contributed by atoms with van der Waals surface area (Å²) < 4.78 is 27.7. The molecule has 7 heteroatoms. The Morgan fingerprint density at radius 3 is 2.76 bits per heavy atom. The van der Waals surface area contributed by atoms with Crippen LogP contribution in [0.4, 0.5) is 5.69 Å². The third-order valence-corrected chi connectivity index (χ3v) is 4.56. The summed E-state index contributed by atoms with van der Waals surface area (Å²) in [6, 6.07) is 2.24.